The van der Waals surface area contributed by atoms with Gasteiger partial charge in [-0.25, -0.2) is 0 Å². The third kappa shape index (κ3) is 26.7. The molecule has 0 fully saturated rings. The molecule has 0 amide bonds. The Kier molecular flexibility index (Phi) is 30.6. The highest BCUT2D eigenvalue weighted by atomic mass is 15.1. The molecule has 0 radical (unpaired) electrons. The van der Waals surface area contributed by atoms with Gasteiger partial charge in [0, 0.05) is 0 Å². The molecular weight excluding hydrogens is 436 g/mol. The second kappa shape index (κ2) is 30.9. The van der Waals surface area contributed by atoms with Crippen molar-refractivity contribution in [3.05, 3.63) is 12.7 Å². The lowest BCUT2D eigenvalue weighted by molar-refractivity contribution is 0.258. The SMILES string of the molecule is C=CCCCCCCN(CCCN)CCCCCCCCCC(CCCCCC)CCCCCCC. The predicted octanol–water partition coefficient (Wildman–Crippen LogP) is 10.8. The van der Waals surface area contributed by atoms with Crippen LogP contribution >= 0.6 is 0 Å². The Balaban J connectivity index is 3.85. The molecule has 216 valence electrons. The maximum Gasteiger partial charge on any atom is -0.000672 e. The number of nitrogens with two attached hydrogens (primary N) is 1. The minimum absolute atomic E-state index is 0.828. The van der Waals surface area contributed by atoms with Gasteiger partial charge in [-0.2, -0.15) is 0 Å². The summed E-state index contributed by atoms with van der Waals surface area (Å²) in [5.41, 5.74) is 5.78. The molecule has 0 aliphatic carbocycles. The molecule has 1 atom stereocenters. The molecule has 2 heteroatoms. The summed E-state index contributed by atoms with van der Waals surface area (Å²) < 4.78 is 0. The van der Waals surface area contributed by atoms with Crippen LogP contribution in [0.5, 0.6) is 0 Å². The molecule has 0 aromatic heterocycles. The van der Waals surface area contributed by atoms with Crippen LogP contribution in [0.4, 0.5) is 0 Å². The predicted molar refractivity (Wildman–Crippen MR) is 166 cm³/mol. The normalized spacial score (nSPS) is 12.4. The Morgan fingerprint density at radius 3 is 1.39 bits per heavy atom. The van der Waals surface area contributed by atoms with Crippen molar-refractivity contribution in [2.75, 3.05) is 26.2 Å². The molecule has 0 aromatic carbocycles. The van der Waals surface area contributed by atoms with Gasteiger partial charge in [0.1, 0.15) is 0 Å². The zero-order valence-corrected chi connectivity index (χ0v) is 25.4. The van der Waals surface area contributed by atoms with Gasteiger partial charge in [-0.1, -0.05) is 148 Å². The zero-order valence-electron chi connectivity index (χ0n) is 25.4. The number of rotatable bonds is 31. The van der Waals surface area contributed by atoms with Gasteiger partial charge in [-0.3, -0.25) is 0 Å². The molecule has 0 aromatic rings. The van der Waals surface area contributed by atoms with Crippen molar-refractivity contribution in [2.45, 2.75) is 174 Å². The summed E-state index contributed by atoms with van der Waals surface area (Å²) >= 11 is 0. The van der Waals surface area contributed by atoms with E-state index in [2.05, 4.69) is 31.4 Å². The fourth-order valence-electron chi connectivity index (χ4n) is 5.61. The van der Waals surface area contributed by atoms with Gasteiger partial charge < -0.3 is 10.6 Å². The van der Waals surface area contributed by atoms with Crippen molar-refractivity contribution in [1.82, 2.24) is 4.90 Å². The van der Waals surface area contributed by atoms with E-state index in [4.69, 9.17) is 5.73 Å². The topological polar surface area (TPSA) is 29.3 Å². The van der Waals surface area contributed by atoms with E-state index >= 15 is 0 Å². The van der Waals surface area contributed by atoms with Crippen molar-refractivity contribution >= 4 is 0 Å². The van der Waals surface area contributed by atoms with Gasteiger partial charge in [0.05, 0.1) is 0 Å². The maximum absolute atomic E-state index is 5.78. The van der Waals surface area contributed by atoms with Gasteiger partial charge in [0.25, 0.3) is 0 Å². The largest absolute Gasteiger partial charge is 0.330 e. The molecular formula is C34H70N2. The molecule has 2 nitrogen and oxygen atoms in total. The Morgan fingerprint density at radius 1 is 0.528 bits per heavy atom. The molecule has 0 aliphatic rings. The number of hydrogen-bond acceptors (Lipinski definition) is 2. The van der Waals surface area contributed by atoms with Crippen molar-refractivity contribution in [3.8, 4) is 0 Å². The zero-order chi connectivity index (χ0) is 26.4. The first kappa shape index (κ1) is 35.7. The van der Waals surface area contributed by atoms with E-state index in [0.717, 1.165) is 18.9 Å². The Hall–Kier alpha value is -0.340. The second-order valence-corrected chi connectivity index (χ2v) is 11.7. The number of hydrogen-bond donors (Lipinski definition) is 1. The van der Waals surface area contributed by atoms with Crippen LogP contribution in [0.2, 0.25) is 0 Å². The van der Waals surface area contributed by atoms with Gasteiger partial charge in [0.15, 0.2) is 0 Å². The third-order valence-electron chi connectivity index (χ3n) is 8.08. The van der Waals surface area contributed by atoms with E-state index in [1.807, 2.05) is 0 Å². The lowest BCUT2D eigenvalue weighted by Gasteiger charge is -2.22. The Morgan fingerprint density at radius 2 is 0.917 bits per heavy atom. The average molecular weight is 507 g/mol. The van der Waals surface area contributed by atoms with Crippen LogP contribution < -0.4 is 5.73 Å². The molecule has 36 heavy (non-hydrogen) atoms. The number of allylic oxidation sites excluding steroid dienone is 1. The Labute approximate surface area is 229 Å². The monoisotopic (exact) mass is 507 g/mol. The highest BCUT2D eigenvalue weighted by Gasteiger charge is 2.09. The molecule has 0 spiro atoms. The molecule has 0 aliphatic heterocycles. The summed E-state index contributed by atoms with van der Waals surface area (Å²) in [6.07, 6.45) is 37.3. The van der Waals surface area contributed by atoms with E-state index in [1.165, 1.54) is 174 Å². The summed E-state index contributed by atoms with van der Waals surface area (Å²) in [6, 6.07) is 0. The van der Waals surface area contributed by atoms with Crippen molar-refractivity contribution in [2.24, 2.45) is 11.7 Å². The minimum atomic E-state index is 0.828. The third-order valence-corrected chi connectivity index (χ3v) is 8.08. The van der Waals surface area contributed by atoms with Gasteiger partial charge >= 0.3 is 0 Å². The first-order chi connectivity index (χ1) is 17.8. The van der Waals surface area contributed by atoms with Crippen LogP contribution in [0, 0.1) is 5.92 Å². The summed E-state index contributed by atoms with van der Waals surface area (Å²) in [5.74, 6) is 1.02. The van der Waals surface area contributed by atoms with Crippen LogP contribution in [0.15, 0.2) is 12.7 Å². The highest BCUT2D eigenvalue weighted by Crippen LogP contribution is 2.24. The fourth-order valence-corrected chi connectivity index (χ4v) is 5.61. The summed E-state index contributed by atoms with van der Waals surface area (Å²) in [5, 5.41) is 0. The Bertz CT molecular complexity index is 408. The smallest absolute Gasteiger partial charge is 0.000672 e. The van der Waals surface area contributed by atoms with Crippen LogP contribution in [0.1, 0.15) is 174 Å². The van der Waals surface area contributed by atoms with Crippen molar-refractivity contribution < 1.29 is 0 Å². The molecule has 0 bridgehead atoms. The lowest BCUT2D eigenvalue weighted by Crippen LogP contribution is -2.28. The molecule has 0 heterocycles. The average Bonchev–Trinajstić information content (AvgIpc) is 2.89. The van der Waals surface area contributed by atoms with E-state index in [0.29, 0.717) is 0 Å². The summed E-state index contributed by atoms with van der Waals surface area (Å²) in [6.45, 7) is 13.1. The van der Waals surface area contributed by atoms with E-state index in [9.17, 15) is 0 Å². The molecule has 1 unspecified atom stereocenters. The van der Waals surface area contributed by atoms with Crippen molar-refractivity contribution in [3.63, 3.8) is 0 Å². The second-order valence-electron chi connectivity index (χ2n) is 11.7. The van der Waals surface area contributed by atoms with Gasteiger partial charge in [-0.15, -0.1) is 6.58 Å². The first-order valence-corrected chi connectivity index (χ1v) is 16.8. The standard InChI is InChI=1S/C34H70N2/c1-4-7-10-13-19-24-31-36(33-26-30-35)32-25-20-16-14-15-18-23-29-34(27-21-12-9-6-3)28-22-17-11-8-5-2/h4,34H,1,5-33,35H2,2-3H3. The van der Waals surface area contributed by atoms with E-state index < -0.39 is 0 Å². The van der Waals surface area contributed by atoms with Crippen LogP contribution in [-0.4, -0.2) is 31.1 Å². The van der Waals surface area contributed by atoms with Gasteiger partial charge in [0.2, 0.25) is 0 Å². The van der Waals surface area contributed by atoms with Crippen LogP contribution in [-0.2, 0) is 0 Å². The minimum Gasteiger partial charge on any atom is -0.330 e. The van der Waals surface area contributed by atoms with Crippen molar-refractivity contribution in [1.29, 1.82) is 0 Å². The van der Waals surface area contributed by atoms with E-state index in [-0.39, 0.29) is 0 Å². The van der Waals surface area contributed by atoms with Crippen LogP contribution in [0.3, 0.4) is 0 Å². The summed E-state index contributed by atoms with van der Waals surface area (Å²) in [7, 11) is 0. The molecule has 0 rings (SSSR count). The molecule has 0 saturated carbocycles. The maximum atomic E-state index is 5.78. The van der Waals surface area contributed by atoms with Crippen LogP contribution in [0.25, 0.3) is 0 Å². The van der Waals surface area contributed by atoms with Gasteiger partial charge in [-0.05, 0) is 64.2 Å². The summed E-state index contributed by atoms with van der Waals surface area (Å²) in [4.78, 5) is 2.68. The fraction of sp³-hybridized carbons (Fsp3) is 0.941. The quantitative estimate of drug-likeness (QED) is 0.0748. The highest BCUT2D eigenvalue weighted by molar-refractivity contribution is 4.66. The first-order valence-electron chi connectivity index (χ1n) is 16.8. The number of unbranched alkanes of at least 4 members (excludes halogenated alkanes) is 17. The molecule has 0 saturated heterocycles. The van der Waals surface area contributed by atoms with E-state index in [1.54, 1.807) is 0 Å². The lowest BCUT2D eigenvalue weighted by atomic mass is 9.89. The number of nitrogens with zero attached hydrogens (tertiary/aromatic N) is 1. The molecule has 2 N–H and O–H groups in total.